The summed E-state index contributed by atoms with van der Waals surface area (Å²) in [5, 5.41) is 12.3. The lowest BCUT2D eigenvalue weighted by molar-refractivity contribution is -0.136. The van der Waals surface area contributed by atoms with Crippen molar-refractivity contribution in [1.29, 1.82) is 0 Å². The van der Waals surface area contributed by atoms with E-state index < -0.39 is 24.5 Å². The van der Waals surface area contributed by atoms with E-state index >= 15 is 0 Å². The third kappa shape index (κ3) is 2.38. The Bertz CT molecular complexity index is 754. The molecule has 2 N–H and O–H groups in total. The van der Waals surface area contributed by atoms with Crippen LogP contribution < -0.4 is 5.32 Å². The summed E-state index contributed by atoms with van der Waals surface area (Å²) in [6, 6.07) is 1.77. The van der Waals surface area contributed by atoms with Crippen molar-refractivity contribution in [1.82, 2.24) is 10.3 Å². The van der Waals surface area contributed by atoms with Crippen molar-refractivity contribution in [2.45, 2.75) is 19.3 Å². The maximum absolute atomic E-state index is 13.4. The third-order valence-corrected chi connectivity index (χ3v) is 4.10. The highest BCUT2D eigenvalue weighted by atomic mass is 19.1. The van der Waals surface area contributed by atoms with Crippen LogP contribution in [0.25, 0.3) is 0 Å². The molecule has 0 spiro atoms. The van der Waals surface area contributed by atoms with E-state index in [9.17, 15) is 19.1 Å². The normalized spacial score (nSPS) is 20.3. The maximum atomic E-state index is 13.4. The van der Waals surface area contributed by atoms with E-state index in [1.165, 1.54) is 6.20 Å². The summed E-state index contributed by atoms with van der Waals surface area (Å²) in [6.45, 7) is 0.940. The molecular formula is C16H15FN2O4. The summed E-state index contributed by atoms with van der Waals surface area (Å²) in [5.41, 5.74) is 1.87. The lowest BCUT2D eigenvalue weighted by Crippen LogP contribution is -2.31. The highest BCUT2D eigenvalue weighted by Crippen LogP contribution is 2.42. The molecule has 1 atom stereocenters. The second-order valence-electron chi connectivity index (χ2n) is 5.29. The molecule has 6 nitrogen and oxygen atoms in total. The predicted octanol–water partition coefficient (Wildman–Crippen LogP) is 1.45. The fourth-order valence-corrected chi connectivity index (χ4v) is 3.07. The van der Waals surface area contributed by atoms with Crippen molar-refractivity contribution in [3.63, 3.8) is 0 Å². The number of pyridine rings is 1. The minimum absolute atomic E-state index is 0.0111. The minimum Gasteiger partial charge on any atom is -0.478 e. The van der Waals surface area contributed by atoms with Gasteiger partial charge in [0.05, 0.1) is 28.5 Å². The molecule has 0 bridgehead atoms. The predicted molar refractivity (Wildman–Crippen MR) is 78.1 cm³/mol. The number of halogens is 1. The van der Waals surface area contributed by atoms with Crippen molar-refractivity contribution in [3.05, 3.63) is 52.1 Å². The number of hydrogen-bond donors (Lipinski definition) is 2. The maximum Gasteiger partial charge on any atom is 0.337 e. The molecule has 3 heterocycles. The van der Waals surface area contributed by atoms with Gasteiger partial charge in [0, 0.05) is 12.4 Å². The molecule has 120 valence electrons. The molecule has 7 heteroatoms. The second-order valence-corrected chi connectivity index (χ2v) is 5.29. The molecule has 3 rings (SSSR count). The molecule has 0 aromatic carbocycles. The fourth-order valence-electron chi connectivity index (χ4n) is 3.07. The molecule has 1 aromatic rings. The van der Waals surface area contributed by atoms with E-state index in [1.54, 1.807) is 12.3 Å². The molecule has 2 aliphatic rings. The Balaban J connectivity index is 2.25. The topological polar surface area (TPSA) is 88.5 Å². The van der Waals surface area contributed by atoms with E-state index in [0.717, 1.165) is 5.56 Å². The highest BCUT2D eigenvalue weighted by molar-refractivity contribution is 6.00. The first-order valence-corrected chi connectivity index (χ1v) is 7.20. The molecule has 0 unspecified atom stereocenters. The summed E-state index contributed by atoms with van der Waals surface area (Å²) in [6.07, 6.45) is 3.77. The van der Waals surface area contributed by atoms with Crippen molar-refractivity contribution in [2.24, 2.45) is 0 Å². The smallest absolute Gasteiger partial charge is 0.337 e. The van der Waals surface area contributed by atoms with E-state index in [2.05, 4.69) is 10.3 Å². The highest BCUT2D eigenvalue weighted by Gasteiger charge is 2.42. The quantitative estimate of drug-likeness (QED) is 0.817. The van der Waals surface area contributed by atoms with Crippen LogP contribution in [0.5, 0.6) is 0 Å². The Morgan fingerprint density at radius 1 is 1.57 bits per heavy atom. The van der Waals surface area contributed by atoms with Crippen molar-refractivity contribution >= 4 is 11.9 Å². The number of carbonyl (C=O) groups excluding carboxylic acids is 1. The van der Waals surface area contributed by atoms with Crippen LogP contribution in [0.1, 0.15) is 24.0 Å². The van der Waals surface area contributed by atoms with Gasteiger partial charge in [-0.25, -0.2) is 14.0 Å². The number of carbonyl (C=O) groups is 2. The standard InChI is InChI=1S/C16H15FN2O4/c1-2-8-3-4-18-6-9(8)12-13(15(20)21)10(5-17)19-11-7-23-16(22)14(11)12/h3-4,6,12,19H,2,5,7H2,1H3,(H,20,21)/t12-/m0/s1. The van der Waals surface area contributed by atoms with Gasteiger partial charge in [-0.15, -0.1) is 0 Å². The van der Waals surface area contributed by atoms with Crippen LogP contribution in [0.3, 0.4) is 0 Å². The molecule has 0 saturated carbocycles. The molecule has 1 aromatic heterocycles. The van der Waals surface area contributed by atoms with Gasteiger partial charge in [0.25, 0.3) is 0 Å². The van der Waals surface area contributed by atoms with Gasteiger partial charge in [-0.2, -0.15) is 0 Å². The number of carboxylic acids is 1. The Labute approximate surface area is 131 Å². The zero-order valence-corrected chi connectivity index (χ0v) is 12.4. The first-order chi connectivity index (χ1) is 11.1. The first-order valence-electron chi connectivity index (χ1n) is 7.20. The zero-order valence-electron chi connectivity index (χ0n) is 12.4. The second kappa shape index (κ2) is 5.83. The number of dihydropyridines is 1. The number of carboxylic acid groups (broad SMARTS) is 1. The number of ether oxygens (including phenoxy) is 1. The largest absolute Gasteiger partial charge is 0.478 e. The van der Waals surface area contributed by atoms with Crippen molar-refractivity contribution in [2.75, 3.05) is 13.3 Å². The average Bonchev–Trinajstić information content (AvgIpc) is 2.93. The third-order valence-electron chi connectivity index (χ3n) is 4.10. The fraction of sp³-hybridized carbons (Fsp3) is 0.312. The molecule has 0 radical (unpaired) electrons. The van der Waals surface area contributed by atoms with Gasteiger partial charge < -0.3 is 15.2 Å². The summed E-state index contributed by atoms with van der Waals surface area (Å²) in [5.74, 6) is -2.74. The molecule has 0 amide bonds. The van der Waals surface area contributed by atoms with Crippen LogP contribution in [0.15, 0.2) is 41.0 Å². The summed E-state index contributed by atoms with van der Waals surface area (Å²) in [4.78, 5) is 27.9. The van der Waals surface area contributed by atoms with Gasteiger partial charge >= 0.3 is 11.9 Å². The Kier molecular flexibility index (Phi) is 3.85. The number of cyclic esters (lactones) is 1. The van der Waals surface area contributed by atoms with Crippen LogP contribution >= 0.6 is 0 Å². The molecular weight excluding hydrogens is 303 g/mol. The number of hydrogen-bond acceptors (Lipinski definition) is 5. The van der Waals surface area contributed by atoms with Crippen LogP contribution in [0.4, 0.5) is 4.39 Å². The number of aliphatic carboxylic acids is 1. The summed E-state index contributed by atoms with van der Waals surface area (Å²) in [7, 11) is 0. The Morgan fingerprint density at radius 2 is 2.35 bits per heavy atom. The molecule has 0 saturated heterocycles. The number of nitrogens with zero attached hydrogens (tertiary/aromatic N) is 1. The molecule has 0 aliphatic carbocycles. The Hall–Kier alpha value is -2.70. The summed E-state index contributed by atoms with van der Waals surface area (Å²) < 4.78 is 18.4. The number of aromatic nitrogens is 1. The van der Waals surface area contributed by atoms with Crippen LogP contribution in [0.2, 0.25) is 0 Å². The monoisotopic (exact) mass is 318 g/mol. The number of alkyl halides is 1. The van der Waals surface area contributed by atoms with Gasteiger partial charge in [-0.05, 0) is 23.6 Å². The lowest BCUT2D eigenvalue weighted by atomic mass is 9.79. The van der Waals surface area contributed by atoms with E-state index in [0.29, 0.717) is 17.7 Å². The lowest BCUT2D eigenvalue weighted by Gasteiger charge is -2.27. The van der Waals surface area contributed by atoms with Crippen LogP contribution in [-0.2, 0) is 20.7 Å². The van der Waals surface area contributed by atoms with E-state index in [-0.39, 0.29) is 23.5 Å². The van der Waals surface area contributed by atoms with Crippen LogP contribution in [0, 0.1) is 0 Å². The first kappa shape index (κ1) is 15.2. The van der Waals surface area contributed by atoms with Crippen LogP contribution in [-0.4, -0.2) is 35.3 Å². The Morgan fingerprint density at radius 3 is 3.00 bits per heavy atom. The molecule has 23 heavy (non-hydrogen) atoms. The van der Waals surface area contributed by atoms with Gasteiger partial charge in [-0.1, -0.05) is 6.92 Å². The average molecular weight is 318 g/mol. The van der Waals surface area contributed by atoms with E-state index in [1.807, 2.05) is 6.92 Å². The van der Waals surface area contributed by atoms with Gasteiger partial charge in [-0.3, -0.25) is 4.98 Å². The van der Waals surface area contributed by atoms with Crippen molar-refractivity contribution in [3.8, 4) is 0 Å². The van der Waals surface area contributed by atoms with Gasteiger partial charge in [0.15, 0.2) is 0 Å². The van der Waals surface area contributed by atoms with Crippen molar-refractivity contribution < 1.29 is 23.8 Å². The number of allylic oxidation sites excluding steroid dienone is 1. The van der Waals surface area contributed by atoms with Gasteiger partial charge in [0.1, 0.15) is 13.3 Å². The molecule has 0 fully saturated rings. The number of rotatable bonds is 4. The number of aryl methyl sites for hydroxylation is 1. The molecule has 2 aliphatic heterocycles. The SMILES string of the molecule is CCc1ccncc1[C@H]1C(C(=O)O)=C(CF)NC2=C1C(=O)OC2. The summed E-state index contributed by atoms with van der Waals surface area (Å²) >= 11 is 0. The van der Waals surface area contributed by atoms with Gasteiger partial charge in [0.2, 0.25) is 0 Å². The zero-order chi connectivity index (χ0) is 16.6. The number of nitrogens with one attached hydrogen (secondary N) is 1. The minimum atomic E-state index is -1.27. The number of esters is 1. The van der Waals surface area contributed by atoms with E-state index in [4.69, 9.17) is 4.74 Å².